The molecule has 0 aliphatic rings. The van der Waals surface area contributed by atoms with Gasteiger partial charge in [-0.15, -0.1) is 0 Å². The van der Waals surface area contributed by atoms with Crippen LogP contribution >= 0.6 is 27.5 Å². The topological polar surface area (TPSA) is 26.0 Å². The third-order valence-electron chi connectivity index (χ3n) is 2.66. The average molecular weight is 351 g/mol. The van der Waals surface area contributed by atoms with Gasteiger partial charge in [0, 0.05) is 22.2 Å². The lowest BCUT2D eigenvalue weighted by atomic mass is 9.98. The van der Waals surface area contributed by atoms with Crippen LogP contribution in [0.3, 0.4) is 0 Å². The van der Waals surface area contributed by atoms with Gasteiger partial charge < -0.3 is 5.73 Å². The summed E-state index contributed by atoms with van der Waals surface area (Å²) in [5.74, 6) is -3.03. The largest absolute Gasteiger partial charge is 0.320 e. The molecule has 0 amide bonds. The lowest BCUT2D eigenvalue weighted by Crippen LogP contribution is -2.16. The second-order valence-electron chi connectivity index (χ2n) is 3.93. The Labute approximate surface area is 121 Å². The van der Waals surface area contributed by atoms with E-state index in [1.807, 2.05) is 0 Å². The summed E-state index contributed by atoms with van der Waals surface area (Å²) in [6, 6.07) is 4.83. The molecule has 0 saturated heterocycles. The number of benzene rings is 2. The zero-order chi connectivity index (χ0) is 14.2. The van der Waals surface area contributed by atoms with Crippen molar-refractivity contribution in [2.45, 2.75) is 6.04 Å². The van der Waals surface area contributed by atoms with Crippen LogP contribution in [-0.4, -0.2) is 0 Å². The molecule has 2 aromatic rings. The maximum atomic E-state index is 13.6. The molecule has 0 saturated carbocycles. The normalized spacial score (nSPS) is 12.5. The Morgan fingerprint density at radius 3 is 2.16 bits per heavy atom. The second-order valence-corrected chi connectivity index (χ2v) is 5.20. The first-order valence-electron chi connectivity index (χ1n) is 5.25. The summed E-state index contributed by atoms with van der Waals surface area (Å²) in [5, 5.41) is 0.371. The molecule has 0 heterocycles. The Morgan fingerprint density at radius 2 is 1.63 bits per heavy atom. The predicted molar refractivity (Wildman–Crippen MR) is 71.5 cm³/mol. The van der Waals surface area contributed by atoms with Crippen molar-refractivity contribution in [3.05, 3.63) is 68.4 Å². The summed E-state index contributed by atoms with van der Waals surface area (Å²) in [5.41, 5.74) is 5.85. The lowest BCUT2D eigenvalue weighted by molar-refractivity contribution is 0.515. The van der Waals surface area contributed by atoms with Crippen LogP contribution in [0.2, 0.25) is 5.02 Å². The minimum absolute atomic E-state index is 0.371. The second kappa shape index (κ2) is 5.53. The maximum Gasteiger partial charge on any atom is 0.134 e. The molecule has 2 rings (SSSR count). The standard InChI is InChI=1S/C13H8BrClF3N/c14-8-2-1-6(3-9(8)15)13(19)12-10(17)4-7(16)5-11(12)18/h1-5,13H,19H2. The van der Waals surface area contributed by atoms with Crippen molar-refractivity contribution in [3.8, 4) is 0 Å². The van der Waals surface area contributed by atoms with Crippen LogP contribution in [0.5, 0.6) is 0 Å². The van der Waals surface area contributed by atoms with Crippen LogP contribution in [0, 0.1) is 17.5 Å². The molecule has 0 radical (unpaired) electrons. The molecule has 1 unspecified atom stereocenters. The number of halogens is 5. The minimum atomic E-state index is -1.06. The molecule has 0 aromatic heterocycles. The molecule has 1 nitrogen and oxygen atoms in total. The fourth-order valence-electron chi connectivity index (χ4n) is 1.72. The molecule has 1 atom stereocenters. The molecule has 6 heteroatoms. The van der Waals surface area contributed by atoms with Gasteiger partial charge in [-0.3, -0.25) is 0 Å². The van der Waals surface area contributed by atoms with E-state index in [0.29, 0.717) is 27.2 Å². The van der Waals surface area contributed by atoms with E-state index in [1.165, 1.54) is 6.07 Å². The highest BCUT2D eigenvalue weighted by atomic mass is 79.9. The first-order valence-corrected chi connectivity index (χ1v) is 6.42. The third kappa shape index (κ3) is 2.94. The fourth-order valence-corrected chi connectivity index (χ4v) is 2.16. The van der Waals surface area contributed by atoms with Crippen LogP contribution in [0.1, 0.15) is 17.2 Å². The first kappa shape index (κ1) is 14.4. The molecule has 0 fully saturated rings. The van der Waals surface area contributed by atoms with Crippen molar-refractivity contribution < 1.29 is 13.2 Å². The highest BCUT2D eigenvalue weighted by Crippen LogP contribution is 2.30. The molecule has 0 bridgehead atoms. The van der Waals surface area contributed by atoms with Crippen LogP contribution in [0.15, 0.2) is 34.8 Å². The molecular formula is C13H8BrClF3N. The van der Waals surface area contributed by atoms with E-state index in [0.717, 1.165) is 0 Å². The summed E-state index contributed by atoms with van der Waals surface area (Å²) in [6.07, 6.45) is 0. The van der Waals surface area contributed by atoms with Gasteiger partial charge in [-0.25, -0.2) is 13.2 Å². The van der Waals surface area contributed by atoms with Crippen LogP contribution in [0.4, 0.5) is 13.2 Å². The van der Waals surface area contributed by atoms with Crippen molar-refractivity contribution in [1.82, 2.24) is 0 Å². The number of nitrogens with two attached hydrogens (primary N) is 1. The van der Waals surface area contributed by atoms with E-state index in [1.54, 1.807) is 12.1 Å². The van der Waals surface area contributed by atoms with Gasteiger partial charge in [-0.2, -0.15) is 0 Å². The van der Waals surface area contributed by atoms with E-state index < -0.39 is 23.5 Å². The number of rotatable bonds is 2. The van der Waals surface area contributed by atoms with E-state index in [9.17, 15) is 13.2 Å². The van der Waals surface area contributed by atoms with Gasteiger partial charge in [-0.05, 0) is 33.6 Å². The third-order valence-corrected chi connectivity index (χ3v) is 3.89. The molecule has 19 heavy (non-hydrogen) atoms. The van der Waals surface area contributed by atoms with Gasteiger partial charge in [0.2, 0.25) is 0 Å². The quantitative estimate of drug-likeness (QED) is 0.844. The Balaban J connectivity index is 2.49. The maximum absolute atomic E-state index is 13.6. The number of hydrogen-bond donors (Lipinski definition) is 1. The van der Waals surface area contributed by atoms with Gasteiger partial charge in [-0.1, -0.05) is 17.7 Å². The average Bonchev–Trinajstić information content (AvgIpc) is 2.31. The SMILES string of the molecule is NC(c1ccc(Br)c(Cl)c1)c1c(F)cc(F)cc1F. The summed E-state index contributed by atoms with van der Waals surface area (Å²) in [7, 11) is 0. The molecule has 2 N–H and O–H groups in total. The van der Waals surface area contributed by atoms with Gasteiger partial charge in [0.05, 0.1) is 11.1 Å². The summed E-state index contributed by atoms with van der Waals surface area (Å²) in [6.45, 7) is 0. The van der Waals surface area contributed by atoms with Gasteiger partial charge in [0.1, 0.15) is 17.5 Å². The van der Waals surface area contributed by atoms with Crippen molar-refractivity contribution >= 4 is 27.5 Å². The van der Waals surface area contributed by atoms with Gasteiger partial charge in [0.15, 0.2) is 0 Å². The zero-order valence-electron chi connectivity index (χ0n) is 9.43. The fraction of sp³-hybridized carbons (Fsp3) is 0.0769. The van der Waals surface area contributed by atoms with Crippen molar-refractivity contribution in [2.75, 3.05) is 0 Å². The minimum Gasteiger partial charge on any atom is -0.320 e. The number of hydrogen-bond acceptors (Lipinski definition) is 1. The first-order chi connectivity index (χ1) is 8.90. The van der Waals surface area contributed by atoms with Gasteiger partial charge >= 0.3 is 0 Å². The highest BCUT2D eigenvalue weighted by Gasteiger charge is 2.20. The van der Waals surface area contributed by atoms with Crippen molar-refractivity contribution in [3.63, 3.8) is 0 Å². The van der Waals surface area contributed by atoms with Crippen molar-refractivity contribution in [2.24, 2.45) is 5.73 Å². The monoisotopic (exact) mass is 349 g/mol. The lowest BCUT2D eigenvalue weighted by Gasteiger charge is -2.15. The molecule has 100 valence electrons. The zero-order valence-corrected chi connectivity index (χ0v) is 11.8. The van der Waals surface area contributed by atoms with E-state index >= 15 is 0 Å². The summed E-state index contributed by atoms with van der Waals surface area (Å²) in [4.78, 5) is 0. The molecule has 0 spiro atoms. The van der Waals surface area contributed by atoms with Crippen LogP contribution in [-0.2, 0) is 0 Å². The Hall–Kier alpha value is -1.04. The molecular weight excluding hydrogens is 343 g/mol. The Morgan fingerprint density at radius 1 is 1.05 bits per heavy atom. The Kier molecular flexibility index (Phi) is 4.18. The van der Waals surface area contributed by atoms with E-state index in [4.69, 9.17) is 17.3 Å². The predicted octanol–water partition coefficient (Wildman–Crippen LogP) is 4.57. The van der Waals surface area contributed by atoms with Gasteiger partial charge in [0.25, 0.3) is 0 Å². The van der Waals surface area contributed by atoms with Crippen LogP contribution in [0.25, 0.3) is 0 Å². The summed E-state index contributed by atoms with van der Waals surface area (Å²) >= 11 is 9.10. The van der Waals surface area contributed by atoms with E-state index in [-0.39, 0.29) is 5.56 Å². The van der Waals surface area contributed by atoms with Crippen molar-refractivity contribution in [1.29, 1.82) is 0 Å². The smallest absolute Gasteiger partial charge is 0.134 e. The molecule has 0 aliphatic carbocycles. The molecule has 2 aromatic carbocycles. The Bertz CT molecular complexity index is 610. The highest BCUT2D eigenvalue weighted by molar-refractivity contribution is 9.10. The van der Waals surface area contributed by atoms with E-state index in [2.05, 4.69) is 15.9 Å². The van der Waals surface area contributed by atoms with Crippen LogP contribution < -0.4 is 5.73 Å². The molecule has 0 aliphatic heterocycles. The summed E-state index contributed by atoms with van der Waals surface area (Å²) < 4.78 is 40.7.